The number of carbonyl (C=O) groups excluding carboxylic acids is 2. The number of carbonyl (C=O) groups is 2. The Balaban J connectivity index is 1.63. The van der Waals surface area contributed by atoms with Crippen molar-refractivity contribution >= 4 is 28.4 Å². The van der Waals surface area contributed by atoms with E-state index >= 15 is 0 Å². The highest BCUT2D eigenvalue weighted by Gasteiger charge is 2.20. The van der Waals surface area contributed by atoms with Crippen molar-refractivity contribution in [2.75, 3.05) is 19.5 Å². The lowest BCUT2D eigenvalue weighted by molar-refractivity contribution is 0.0942. The average molecular weight is 405 g/mol. The van der Waals surface area contributed by atoms with Gasteiger partial charge in [0.15, 0.2) is 11.5 Å². The van der Waals surface area contributed by atoms with Gasteiger partial charge >= 0.3 is 0 Å². The number of anilines is 1. The van der Waals surface area contributed by atoms with Gasteiger partial charge in [-0.3, -0.25) is 9.59 Å². The zero-order valence-electron chi connectivity index (χ0n) is 16.8. The molecular weight excluding hydrogens is 382 g/mol. The van der Waals surface area contributed by atoms with E-state index in [1.54, 1.807) is 24.3 Å². The molecule has 7 nitrogen and oxygen atoms in total. The van der Waals surface area contributed by atoms with Gasteiger partial charge in [0, 0.05) is 28.9 Å². The van der Waals surface area contributed by atoms with Crippen LogP contribution < -0.4 is 20.1 Å². The summed E-state index contributed by atoms with van der Waals surface area (Å²) in [6, 6.07) is 10.5. The van der Waals surface area contributed by atoms with Crippen molar-refractivity contribution in [3.05, 3.63) is 65.9 Å². The smallest absolute Gasteiger partial charge is 0.255 e. The van der Waals surface area contributed by atoms with Crippen molar-refractivity contribution in [2.45, 2.75) is 18.9 Å². The molecular formula is C23H23N3O4. The molecule has 7 heteroatoms. The van der Waals surface area contributed by atoms with E-state index in [0.717, 1.165) is 23.7 Å². The third-order valence-electron chi connectivity index (χ3n) is 5.14. The summed E-state index contributed by atoms with van der Waals surface area (Å²) in [6.07, 6.45) is 7.68. The highest BCUT2D eigenvalue weighted by molar-refractivity contribution is 6.08. The number of nitrogens with one attached hydrogen (secondary N) is 3. The third-order valence-corrected chi connectivity index (χ3v) is 5.14. The van der Waals surface area contributed by atoms with Gasteiger partial charge in [0.25, 0.3) is 11.8 Å². The number of amides is 2. The lowest BCUT2D eigenvalue weighted by Crippen LogP contribution is -2.32. The predicted octanol–water partition coefficient (Wildman–Crippen LogP) is 3.89. The molecule has 0 radical (unpaired) electrons. The number of methoxy groups -OCH3 is 2. The number of aromatic nitrogens is 1. The maximum Gasteiger partial charge on any atom is 0.255 e. The molecule has 1 aliphatic rings. The molecule has 0 saturated carbocycles. The predicted molar refractivity (Wildman–Crippen MR) is 115 cm³/mol. The second kappa shape index (κ2) is 8.32. The van der Waals surface area contributed by atoms with Crippen LogP contribution in [0.2, 0.25) is 0 Å². The van der Waals surface area contributed by atoms with Crippen LogP contribution in [0.25, 0.3) is 10.9 Å². The van der Waals surface area contributed by atoms with Crippen molar-refractivity contribution in [3.8, 4) is 11.5 Å². The first kappa shape index (κ1) is 19.6. The lowest BCUT2D eigenvalue weighted by Gasteiger charge is -2.17. The van der Waals surface area contributed by atoms with Crippen LogP contribution in [-0.4, -0.2) is 37.1 Å². The second-order valence-corrected chi connectivity index (χ2v) is 7.08. The Morgan fingerprint density at radius 1 is 1.03 bits per heavy atom. The van der Waals surface area contributed by atoms with Gasteiger partial charge in [-0.2, -0.15) is 0 Å². The molecule has 0 fully saturated rings. The molecule has 3 N–H and O–H groups in total. The van der Waals surface area contributed by atoms with Crippen molar-refractivity contribution in [1.82, 2.24) is 10.3 Å². The van der Waals surface area contributed by atoms with E-state index in [4.69, 9.17) is 9.47 Å². The summed E-state index contributed by atoms with van der Waals surface area (Å²) >= 11 is 0. The summed E-state index contributed by atoms with van der Waals surface area (Å²) in [5.41, 5.74) is 2.09. The van der Waals surface area contributed by atoms with Gasteiger partial charge < -0.3 is 25.1 Å². The third kappa shape index (κ3) is 3.87. The van der Waals surface area contributed by atoms with Crippen LogP contribution in [0.1, 0.15) is 33.6 Å². The first-order chi connectivity index (χ1) is 14.6. The van der Waals surface area contributed by atoms with E-state index in [1.165, 1.54) is 14.2 Å². The topological polar surface area (TPSA) is 92.5 Å². The van der Waals surface area contributed by atoms with Gasteiger partial charge in [-0.25, -0.2) is 0 Å². The first-order valence-electron chi connectivity index (χ1n) is 9.71. The molecule has 4 rings (SSSR count). The van der Waals surface area contributed by atoms with Crippen LogP contribution in [0, 0.1) is 0 Å². The van der Waals surface area contributed by atoms with E-state index in [0.29, 0.717) is 28.3 Å². The molecule has 30 heavy (non-hydrogen) atoms. The minimum Gasteiger partial charge on any atom is -0.493 e. The quantitative estimate of drug-likeness (QED) is 0.543. The first-order valence-corrected chi connectivity index (χ1v) is 9.71. The van der Waals surface area contributed by atoms with Crippen LogP contribution in [0.3, 0.4) is 0 Å². The maximum absolute atomic E-state index is 12.9. The van der Waals surface area contributed by atoms with E-state index in [2.05, 4.69) is 15.6 Å². The standard InChI is InChI=1S/C23H23N3O4/c1-29-20-13-16(23(28)25-17-5-3-4-6-17)12-19(21(20)30-2)26-22(27)15-8-7-14-9-10-24-18(14)11-15/h3,5,7-13,17,24H,4,6H2,1-2H3,(H,25,28)(H,26,27). The number of ether oxygens (including phenoxy) is 2. The van der Waals surface area contributed by atoms with Crippen LogP contribution in [0.5, 0.6) is 11.5 Å². The summed E-state index contributed by atoms with van der Waals surface area (Å²) < 4.78 is 10.8. The van der Waals surface area contributed by atoms with Crippen LogP contribution in [0.15, 0.2) is 54.7 Å². The summed E-state index contributed by atoms with van der Waals surface area (Å²) in [6.45, 7) is 0. The van der Waals surface area contributed by atoms with Crippen molar-refractivity contribution in [3.63, 3.8) is 0 Å². The Morgan fingerprint density at radius 3 is 2.63 bits per heavy atom. The monoisotopic (exact) mass is 405 g/mol. The normalized spacial score (nSPS) is 15.2. The molecule has 0 bridgehead atoms. The van der Waals surface area contributed by atoms with Crippen molar-refractivity contribution in [2.24, 2.45) is 0 Å². The molecule has 154 valence electrons. The molecule has 1 aliphatic carbocycles. The Bertz CT molecular complexity index is 1130. The number of allylic oxidation sites excluding steroid dienone is 1. The molecule has 1 unspecified atom stereocenters. The Kier molecular flexibility index (Phi) is 5.43. The van der Waals surface area contributed by atoms with Gasteiger partial charge in [-0.15, -0.1) is 0 Å². The SMILES string of the molecule is COc1cc(C(=O)NC2C=CCC2)cc(NC(=O)c2ccc3cc[nH]c3c2)c1OC. The molecule has 3 aromatic rings. The minimum absolute atomic E-state index is 0.0103. The van der Waals surface area contributed by atoms with Gasteiger partial charge in [0.2, 0.25) is 0 Å². The fraction of sp³-hybridized carbons (Fsp3) is 0.217. The van der Waals surface area contributed by atoms with E-state index in [1.807, 2.05) is 30.5 Å². The number of rotatable bonds is 6. The lowest BCUT2D eigenvalue weighted by atomic mass is 10.1. The largest absolute Gasteiger partial charge is 0.493 e. The highest BCUT2D eigenvalue weighted by Crippen LogP contribution is 2.37. The van der Waals surface area contributed by atoms with Crippen molar-refractivity contribution < 1.29 is 19.1 Å². The molecule has 2 amide bonds. The summed E-state index contributed by atoms with van der Waals surface area (Å²) in [5.74, 6) is 0.158. The molecule has 1 heterocycles. The van der Waals surface area contributed by atoms with Gasteiger partial charge in [0.1, 0.15) is 0 Å². The average Bonchev–Trinajstić information content (AvgIpc) is 3.44. The molecule has 0 spiro atoms. The summed E-state index contributed by atoms with van der Waals surface area (Å²) in [5, 5.41) is 6.84. The Hall–Kier alpha value is -3.74. The van der Waals surface area contributed by atoms with Crippen molar-refractivity contribution in [1.29, 1.82) is 0 Å². The summed E-state index contributed by atoms with van der Waals surface area (Å²) in [4.78, 5) is 28.7. The molecule has 0 aliphatic heterocycles. The van der Waals surface area contributed by atoms with Crippen LogP contribution in [-0.2, 0) is 0 Å². The molecule has 0 saturated heterocycles. The van der Waals surface area contributed by atoms with E-state index in [9.17, 15) is 9.59 Å². The fourth-order valence-electron chi connectivity index (χ4n) is 3.58. The van der Waals surface area contributed by atoms with Gasteiger partial charge in [-0.1, -0.05) is 18.2 Å². The number of hydrogen-bond acceptors (Lipinski definition) is 4. The second-order valence-electron chi connectivity index (χ2n) is 7.08. The Morgan fingerprint density at radius 2 is 1.90 bits per heavy atom. The van der Waals surface area contributed by atoms with E-state index in [-0.39, 0.29) is 17.9 Å². The minimum atomic E-state index is -0.317. The van der Waals surface area contributed by atoms with Gasteiger partial charge in [0.05, 0.1) is 19.9 Å². The van der Waals surface area contributed by atoms with Gasteiger partial charge in [-0.05, 0) is 48.6 Å². The van der Waals surface area contributed by atoms with E-state index < -0.39 is 0 Å². The maximum atomic E-state index is 12.9. The number of aromatic amines is 1. The molecule has 2 aromatic carbocycles. The number of hydrogen-bond donors (Lipinski definition) is 3. The highest BCUT2D eigenvalue weighted by atomic mass is 16.5. The zero-order chi connectivity index (χ0) is 21.1. The fourth-order valence-corrected chi connectivity index (χ4v) is 3.58. The van der Waals surface area contributed by atoms with Crippen LogP contribution in [0.4, 0.5) is 5.69 Å². The summed E-state index contributed by atoms with van der Waals surface area (Å²) in [7, 11) is 2.98. The number of H-pyrrole nitrogens is 1. The number of benzene rings is 2. The number of fused-ring (bicyclic) bond motifs is 1. The molecule has 1 aromatic heterocycles. The Labute approximate surface area is 174 Å². The van der Waals surface area contributed by atoms with Crippen LogP contribution >= 0.6 is 0 Å². The molecule has 1 atom stereocenters. The zero-order valence-corrected chi connectivity index (χ0v) is 16.8.